The smallest absolute Gasteiger partial charge is 0.223 e. The van der Waals surface area contributed by atoms with E-state index >= 15 is 0 Å². The quantitative estimate of drug-likeness (QED) is 0.746. The molecule has 18 heavy (non-hydrogen) atoms. The second kappa shape index (κ2) is 4.23. The first-order valence-electron chi connectivity index (χ1n) is 5.79. The molecule has 2 N–H and O–H groups in total. The van der Waals surface area contributed by atoms with Gasteiger partial charge in [-0.1, -0.05) is 47.6 Å². The van der Waals surface area contributed by atoms with E-state index in [2.05, 4.69) is 28.3 Å². The van der Waals surface area contributed by atoms with Crippen LogP contribution < -0.4 is 5.73 Å². The van der Waals surface area contributed by atoms with Gasteiger partial charge < -0.3 is 10.3 Å². The average molecular weight is 239 g/mol. The summed E-state index contributed by atoms with van der Waals surface area (Å²) in [6.45, 7) is 1.76. The van der Waals surface area contributed by atoms with E-state index in [9.17, 15) is 0 Å². The number of aromatic nitrogens is 2. The van der Waals surface area contributed by atoms with Gasteiger partial charge in [-0.25, -0.2) is 0 Å². The van der Waals surface area contributed by atoms with Crippen LogP contribution in [0.4, 0.5) is 0 Å². The molecule has 90 valence electrons. The molecule has 0 aliphatic carbocycles. The Labute approximate surface area is 104 Å². The fraction of sp³-hybridized carbons (Fsp3) is 0.143. The maximum Gasteiger partial charge on any atom is 0.223 e. The lowest BCUT2D eigenvalue weighted by molar-refractivity contribution is 0.385. The zero-order valence-electron chi connectivity index (χ0n) is 10.00. The van der Waals surface area contributed by atoms with Gasteiger partial charge in [0, 0.05) is 6.92 Å². The van der Waals surface area contributed by atoms with Crippen LogP contribution in [-0.2, 0) is 0 Å². The first kappa shape index (κ1) is 10.9. The molecular weight excluding hydrogens is 226 g/mol. The van der Waals surface area contributed by atoms with Crippen molar-refractivity contribution in [3.63, 3.8) is 0 Å². The SMILES string of the molecule is Cc1nc(C(N)c2cccc3ccccc23)no1. The van der Waals surface area contributed by atoms with Gasteiger partial charge in [0.15, 0.2) is 5.82 Å². The molecular formula is C14H13N3O. The molecule has 1 aromatic heterocycles. The van der Waals surface area contributed by atoms with Gasteiger partial charge in [0.25, 0.3) is 0 Å². The molecule has 3 aromatic rings. The third kappa shape index (κ3) is 1.76. The molecule has 4 heteroatoms. The number of fused-ring (bicyclic) bond motifs is 1. The Kier molecular flexibility index (Phi) is 2.57. The molecule has 4 nitrogen and oxygen atoms in total. The van der Waals surface area contributed by atoms with Crippen LogP contribution in [0.1, 0.15) is 23.3 Å². The fourth-order valence-electron chi connectivity index (χ4n) is 2.10. The van der Waals surface area contributed by atoms with Crippen molar-refractivity contribution in [1.29, 1.82) is 0 Å². The van der Waals surface area contributed by atoms with Crippen molar-refractivity contribution in [3.05, 3.63) is 59.7 Å². The van der Waals surface area contributed by atoms with Gasteiger partial charge in [-0.3, -0.25) is 0 Å². The van der Waals surface area contributed by atoms with Gasteiger partial charge in [0.2, 0.25) is 5.89 Å². The summed E-state index contributed by atoms with van der Waals surface area (Å²) in [6.07, 6.45) is 0. The van der Waals surface area contributed by atoms with Gasteiger partial charge in [0.1, 0.15) is 0 Å². The average Bonchev–Trinajstić information content (AvgIpc) is 2.84. The number of hydrogen-bond donors (Lipinski definition) is 1. The first-order chi connectivity index (χ1) is 8.75. The lowest BCUT2D eigenvalue weighted by Crippen LogP contribution is -2.14. The highest BCUT2D eigenvalue weighted by molar-refractivity contribution is 5.86. The van der Waals surface area contributed by atoms with E-state index in [4.69, 9.17) is 10.3 Å². The predicted octanol–water partition coefficient (Wildman–Crippen LogP) is 2.58. The number of aryl methyl sites for hydroxylation is 1. The molecule has 1 atom stereocenters. The summed E-state index contributed by atoms with van der Waals surface area (Å²) in [6, 6.07) is 13.8. The minimum absolute atomic E-state index is 0.367. The highest BCUT2D eigenvalue weighted by Crippen LogP contribution is 2.25. The first-order valence-corrected chi connectivity index (χ1v) is 5.79. The second-order valence-corrected chi connectivity index (χ2v) is 4.22. The number of rotatable bonds is 2. The molecule has 0 radical (unpaired) electrons. The number of nitrogens with zero attached hydrogens (tertiary/aromatic N) is 2. The van der Waals surface area contributed by atoms with Crippen LogP contribution in [0, 0.1) is 6.92 Å². The molecule has 0 aliphatic rings. The van der Waals surface area contributed by atoms with Crippen LogP contribution in [0.2, 0.25) is 0 Å². The number of hydrogen-bond acceptors (Lipinski definition) is 4. The van der Waals surface area contributed by atoms with Crippen LogP contribution in [0.3, 0.4) is 0 Å². The molecule has 2 aromatic carbocycles. The van der Waals surface area contributed by atoms with Crippen LogP contribution >= 0.6 is 0 Å². The van der Waals surface area contributed by atoms with Crippen molar-refractivity contribution in [2.75, 3.05) is 0 Å². The Morgan fingerprint density at radius 2 is 1.89 bits per heavy atom. The van der Waals surface area contributed by atoms with E-state index in [1.54, 1.807) is 6.92 Å². The van der Waals surface area contributed by atoms with E-state index in [0.717, 1.165) is 16.3 Å². The topological polar surface area (TPSA) is 64.9 Å². The van der Waals surface area contributed by atoms with E-state index < -0.39 is 0 Å². The van der Waals surface area contributed by atoms with Crippen molar-refractivity contribution in [1.82, 2.24) is 10.1 Å². The summed E-state index contributed by atoms with van der Waals surface area (Å²) < 4.78 is 4.98. The Morgan fingerprint density at radius 3 is 2.67 bits per heavy atom. The second-order valence-electron chi connectivity index (χ2n) is 4.22. The number of nitrogens with two attached hydrogens (primary N) is 1. The molecule has 1 heterocycles. The minimum atomic E-state index is -0.367. The fourth-order valence-corrected chi connectivity index (χ4v) is 2.10. The van der Waals surface area contributed by atoms with Gasteiger partial charge in [-0.2, -0.15) is 4.98 Å². The predicted molar refractivity (Wildman–Crippen MR) is 69.0 cm³/mol. The number of benzene rings is 2. The molecule has 3 rings (SSSR count). The monoisotopic (exact) mass is 239 g/mol. The van der Waals surface area contributed by atoms with Crippen LogP contribution in [0.25, 0.3) is 10.8 Å². The van der Waals surface area contributed by atoms with Gasteiger partial charge in [0.05, 0.1) is 6.04 Å². The molecule has 1 unspecified atom stereocenters. The Balaban J connectivity index is 2.14. The van der Waals surface area contributed by atoms with Crippen LogP contribution in [0.5, 0.6) is 0 Å². The van der Waals surface area contributed by atoms with Crippen LogP contribution in [0.15, 0.2) is 47.0 Å². The van der Waals surface area contributed by atoms with E-state index in [1.807, 2.05) is 24.3 Å². The molecule has 0 fully saturated rings. The van der Waals surface area contributed by atoms with Gasteiger partial charge in [-0.05, 0) is 16.3 Å². The van der Waals surface area contributed by atoms with Crippen molar-refractivity contribution < 1.29 is 4.52 Å². The van der Waals surface area contributed by atoms with E-state index in [0.29, 0.717) is 11.7 Å². The molecule has 0 aliphatic heterocycles. The van der Waals surface area contributed by atoms with Gasteiger partial charge >= 0.3 is 0 Å². The summed E-state index contributed by atoms with van der Waals surface area (Å²) in [4.78, 5) is 4.19. The third-order valence-electron chi connectivity index (χ3n) is 2.98. The van der Waals surface area contributed by atoms with Crippen LogP contribution in [-0.4, -0.2) is 10.1 Å². The highest BCUT2D eigenvalue weighted by atomic mass is 16.5. The lowest BCUT2D eigenvalue weighted by atomic mass is 9.99. The molecule has 0 spiro atoms. The highest BCUT2D eigenvalue weighted by Gasteiger charge is 2.16. The Morgan fingerprint density at radius 1 is 1.11 bits per heavy atom. The van der Waals surface area contributed by atoms with Crippen molar-refractivity contribution in [2.45, 2.75) is 13.0 Å². The zero-order valence-corrected chi connectivity index (χ0v) is 10.00. The summed E-state index contributed by atoms with van der Waals surface area (Å²) in [7, 11) is 0. The molecule has 0 saturated heterocycles. The van der Waals surface area contributed by atoms with Crippen molar-refractivity contribution in [3.8, 4) is 0 Å². The Hall–Kier alpha value is -2.20. The summed E-state index contributed by atoms with van der Waals surface area (Å²) in [5, 5.41) is 6.17. The molecule has 0 amide bonds. The van der Waals surface area contributed by atoms with E-state index in [-0.39, 0.29) is 6.04 Å². The zero-order chi connectivity index (χ0) is 12.5. The third-order valence-corrected chi connectivity index (χ3v) is 2.98. The summed E-state index contributed by atoms with van der Waals surface area (Å²) in [5.41, 5.74) is 7.22. The van der Waals surface area contributed by atoms with E-state index in [1.165, 1.54) is 0 Å². The molecule has 0 saturated carbocycles. The molecule has 0 bridgehead atoms. The maximum atomic E-state index is 6.21. The minimum Gasteiger partial charge on any atom is -0.340 e. The van der Waals surface area contributed by atoms with Gasteiger partial charge in [-0.15, -0.1) is 0 Å². The summed E-state index contributed by atoms with van der Waals surface area (Å²) >= 11 is 0. The van der Waals surface area contributed by atoms with Crippen molar-refractivity contribution >= 4 is 10.8 Å². The maximum absolute atomic E-state index is 6.21. The van der Waals surface area contributed by atoms with Crippen molar-refractivity contribution in [2.24, 2.45) is 5.73 Å². The lowest BCUT2D eigenvalue weighted by Gasteiger charge is -2.10. The Bertz CT molecular complexity index is 685. The normalized spacial score (nSPS) is 12.8. The summed E-state index contributed by atoms with van der Waals surface area (Å²) in [5.74, 6) is 1.05. The standard InChI is InChI=1S/C14H13N3O/c1-9-16-14(17-18-9)13(15)12-8-4-6-10-5-2-3-7-11(10)12/h2-8,13H,15H2,1H3. The largest absolute Gasteiger partial charge is 0.340 e.